The van der Waals surface area contributed by atoms with Gasteiger partial charge in [-0.1, -0.05) is 0 Å². The number of likely N-dealkylation sites (N-methyl/N-ethyl adjacent to an activating group) is 1. The molecule has 7 heteroatoms. The Bertz CT molecular complexity index is 210. The number of tetrazole rings is 1. The van der Waals surface area contributed by atoms with E-state index in [1.165, 1.54) is 6.33 Å². The van der Waals surface area contributed by atoms with Crippen molar-refractivity contribution in [2.75, 3.05) is 27.7 Å². The summed E-state index contributed by atoms with van der Waals surface area (Å²) in [5, 5.41) is 22.0. The van der Waals surface area contributed by atoms with Crippen LogP contribution in [-0.4, -0.2) is 58.8 Å². The van der Waals surface area contributed by atoms with Crippen LogP contribution in [0.25, 0.3) is 0 Å². The van der Waals surface area contributed by atoms with Gasteiger partial charge in [0.05, 0.1) is 27.1 Å². The molecular weight excluding hydrogens is 174 g/mol. The van der Waals surface area contributed by atoms with Crippen molar-refractivity contribution in [2.24, 2.45) is 0 Å². The van der Waals surface area contributed by atoms with E-state index in [-0.39, 0.29) is 6.54 Å². The van der Waals surface area contributed by atoms with Crippen LogP contribution in [0.5, 0.6) is 0 Å². The third-order valence-electron chi connectivity index (χ3n) is 0.873. The first-order chi connectivity index (χ1) is 5.92. The minimum atomic E-state index is -1.00. The molecule has 0 unspecified atom stereocenters. The van der Waals surface area contributed by atoms with Crippen LogP contribution in [0, 0.1) is 0 Å². The maximum Gasteiger partial charge on any atom is 0.135 e. The molecule has 0 radical (unpaired) electrons. The average Bonchev–Trinajstić information content (AvgIpc) is 2.33. The van der Waals surface area contributed by atoms with Crippen molar-refractivity contribution >= 4 is 5.97 Å². The molecular formula is C6H13N5O2. The summed E-state index contributed by atoms with van der Waals surface area (Å²) in [5.41, 5.74) is 0. The molecule has 74 valence electrons. The summed E-state index contributed by atoms with van der Waals surface area (Å²) in [6.45, 7) is 0.0694. The Kier molecular flexibility index (Phi) is 4.60. The van der Waals surface area contributed by atoms with Gasteiger partial charge in [-0.25, -0.2) is 5.10 Å². The van der Waals surface area contributed by atoms with Crippen LogP contribution in [0.15, 0.2) is 6.33 Å². The van der Waals surface area contributed by atoms with Crippen LogP contribution in [0.3, 0.4) is 0 Å². The summed E-state index contributed by atoms with van der Waals surface area (Å²) in [7, 11) is 5.40. The normalized spacial score (nSPS) is 10.1. The van der Waals surface area contributed by atoms with E-state index < -0.39 is 5.97 Å². The number of rotatable bonds is 2. The second-order valence-corrected chi connectivity index (χ2v) is 3.38. The summed E-state index contributed by atoms with van der Waals surface area (Å²) in [4.78, 5) is 9.89. The van der Waals surface area contributed by atoms with E-state index in [1.54, 1.807) is 21.1 Å². The zero-order valence-corrected chi connectivity index (χ0v) is 7.89. The van der Waals surface area contributed by atoms with E-state index in [4.69, 9.17) is 0 Å². The maximum atomic E-state index is 9.89. The summed E-state index contributed by atoms with van der Waals surface area (Å²) < 4.78 is 0.419. The molecule has 13 heavy (non-hydrogen) atoms. The Labute approximate surface area is 76.0 Å². The number of H-pyrrole nitrogens is 1. The molecule has 1 heterocycles. The number of carboxylic acids is 1. The first kappa shape index (κ1) is 11.5. The molecule has 1 aromatic heterocycles. The minimum Gasteiger partial charge on any atom is -0.544 e. The largest absolute Gasteiger partial charge is 0.544 e. The van der Waals surface area contributed by atoms with E-state index >= 15 is 0 Å². The van der Waals surface area contributed by atoms with Crippen molar-refractivity contribution in [1.82, 2.24) is 20.6 Å². The third-order valence-corrected chi connectivity index (χ3v) is 0.873. The molecule has 0 aliphatic heterocycles. The van der Waals surface area contributed by atoms with Crippen LogP contribution in [0.2, 0.25) is 0 Å². The molecule has 1 N–H and O–H groups in total. The van der Waals surface area contributed by atoms with Gasteiger partial charge in [-0.05, 0) is 10.4 Å². The van der Waals surface area contributed by atoms with Gasteiger partial charge in [0.1, 0.15) is 12.9 Å². The van der Waals surface area contributed by atoms with E-state index in [1.807, 2.05) is 0 Å². The number of nitrogens with zero attached hydrogens (tertiary/aromatic N) is 4. The zero-order valence-electron chi connectivity index (χ0n) is 7.89. The predicted octanol–water partition coefficient (Wildman–Crippen LogP) is -2.36. The lowest BCUT2D eigenvalue weighted by Crippen LogP contribution is -2.45. The third kappa shape index (κ3) is 10.5. The number of nitrogens with one attached hydrogen (secondary N) is 1. The van der Waals surface area contributed by atoms with Crippen molar-refractivity contribution in [3.05, 3.63) is 6.33 Å². The topological polar surface area (TPSA) is 94.6 Å². The van der Waals surface area contributed by atoms with Gasteiger partial charge in [-0.3, -0.25) is 0 Å². The lowest BCUT2D eigenvalue weighted by molar-refractivity contribution is -0.864. The van der Waals surface area contributed by atoms with Crippen molar-refractivity contribution in [1.29, 1.82) is 0 Å². The van der Waals surface area contributed by atoms with Crippen molar-refractivity contribution < 1.29 is 14.4 Å². The quantitative estimate of drug-likeness (QED) is 0.523. The van der Waals surface area contributed by atoms with E-state index in [0.29, 0.717) is 4.48 Å². The second-order valence-electron chi connectivity index (χ2n) is 3.38. The highest BCUT2D eigenvalue weighted by molar-refractivity contribution is 5.65. The molecule has 0 fully saturated rings. The Hall–Kier alpha value is -1.50. The second kappa shape index (κ2) is 5.20. The van der Waals surface area contributed by atoms with Gasteiger partial charge in [0.25, 0.3) is 0 Å². The lowest BCUT2D eigenvalue weighted by Gasteiger charge is -2.23. The SMILES string of the molecule is C[N+](C)(C)CC(=O)[O-].c1nnn[nH]1. The van der Waals surface area contributed by atoms with Gasteiger partial charge in [0.15, 0.2) is 0 Å². The number of quaternary nitrogens is 1. The number of hydrogen-bond donors (Lipinski definition) is 1. The Morgan fingerprint density at radius 2 is 2.15 bits per heavy atom. The minimum absolute atomic E-state index is 0.0694. The van der Waals surface area contributed by atoms with Gasteiger partial charge in [0, 0.05) is 0 Å². The van der Waals surface area contributed by atoms with Gasteiger partial charge in [-0.15, -0.1) is 5.10 Å². The molecule has 0 saturated heterocycles. The lowest BCUT2D eigenvalue weighted by atomic mass is 10.5. The number of hydrogen-bond acceptors (Lipinski definition) is 5. The van der Waals surface area contributed by atoms with Gasteiger partial charge >= 0.3 is 0 Å². The first-order valence-electron chi connectivity index (χ1n) is 3.59. The summed E-state index contributed by atoms with van der Waals surface area (Å²) in [5.74, 6) is -1.00. The Morgan fingerprint density at radius 1 is 1.54 bits per heavy atom. The molecule has 0 amide bonds. The molecule has 0 aliphatic rings. The highest BCUT2D eigenvalue weighted by Crippen LogP contribution is 1.84. The zero-order chi connectivity index (χ0) is 10.3. The number of carbonyl (C=O) groups excluding carboxylic acids is 1. The fourth-order valence-electron chi connectivity index (χ4n) is 0.516. The van der Waals surface area contributed by atoms with Crippen LogP contribution >= 0.6 is 0 Å². The average molecular weight is 187 g/mol. The smallest absolute Gasteiger partial charge is 0.135 e. The van der Waals surface area contributed by atoms with Crippen molar-refractivity contribution in [3.8, 4) is 0 Å². The molecule has 0 aromatic carbocycles. The molecule has 0 spiro atoms. The number of carboxylic acid groups (broad SMARTS) is 1. The van der Waals surface area contributed by atoms with Crippen molar-refractivity contribution in [3.63, 3.8) is 0 Å². The molecule has 0 bridgehead atoms. The highest BCUT2D eigenvalue weighted by atomic mass is 16.4. The Morgan fingerprint density at radius 3 is 2.23 bits per heavy atom. The number of carbonyl (C=O) groups is 1. The maximum absolute atomic E-state index is 9.89. The van der Waals surface area contributed by atoms with Crippen LogP contribution < -0.4 is 5.11 Å². The number of aromatic amines is 1. The number of aliphatic carboxylic acids is 1. The van der Waals surface area contributed by atoms with Gasteiger partial charge in [0.2, 0.25) is 0 Å². The van der Waals surface area contributed by atoms with Crippen molar-refractivity contribution in [2.45, 2.75) is 0 Å². The summed E-state index contributed by atoms with van der Waals surface area (Å²) in [6, 6.07) is 0. The predicted molar refractivity (Wildman–Crippen MR) is 42.1 cm³/mol. The van der Waals surface area contributed by atoms with Gasteiger partial charge < -0.3 is 14.4 Å². The van der Waals surface area contributed by atoms with Crippen LogP contribution in [-0.2, 0) is 4.79 Å². The molecule has 7 nitrogen and oxygen atoms in total. The summed E-state index contributed by atoms with van der Waals surface area (Å²) >= 11 is 0. The van der Waals surface area contributed by atoms with Crippen LogP contribution in [0.1, 0.15) is 0 Å². The van der Waals surface area contributed by atoms with Crippen LogP contribution in [0.4, 0.5) is 0 Å². The van der Waals surface area contributed by atoms with E-state index in [2.05, 4.69) is 20.6 Å². The van der Waals surface area contributed by atoms with Gasteiger partial charge in [-0.2, -0.15) is 0 Å². The molecule has 0 atom stereocenters. The fraction of sp³-hybridized carbons (Fsp3) is 0.667. The molecule has 1 aromatic rings. The van der Waals surface area contributed by atoms with E-state index in [0.717, 1.165) is 0 Å². The standard InChI is InChI=1S/C5H11NO2.CH2N4/c1-6(2,3)4-5(7)8;1-2-4-5-3-1/h4H2,1-3H3;1H,(H,2,3,4,5). The number of aromatic nitrogens is 4. The summed E-state index contributed by atoms with van der Waals surface area (Å²) in [6.07, 6.45) is 1.40. The van der Waals surface area contributed by atoms with E-state index in [9.17, 15) is 9.90 Å². The molecule has 0 saturated carbocycles. The highest BCUT2D eigenvalue weighted by Gasteiger charge is 2.04. The molecule has 0 aliphatic carbocycles. The first-order valence-corrected chi connectivity index (χ1v) is 3.59. The Balaban J connectivity index is 0.000000243. The fourth-order valence-corrected chi connectivity index (χ4v) is 0.516. The molecule has 1 rings (SSSR count). The monoisotopic (exact) mass is 187 g/mol.